The number of nitrogens with zero attached hydrogens (tertiary/aromatic N) is 4. The summed E-state index contributed by atoms with van der Waals surface area (Å²) in [6.07, 6.45) is 0.138. The first-order valence-electron chi connectivity index (χ1n) is 9.81. The molecule has 2 amide bonds. The Kier molecular flexibility index (Phi) is 5.48. The second kappa shape index (κ2) is 8.39. The summed E-state index contributed by atoms with van der Waals surface area (Å²) in [5.41, 5.74) is 2.24. The van der Waals surface area contributed by atoms with Crippen molar-refractivity contribution in [3.8, 4) is 5.69 Å². The van der Waals surface area contributed by atoms with Gasteiger partial charge in [-0.15, -0.1) is 5.10 Å². The summed E-state index contributed by atoms with van der Waals surface area (Å²) >= 11 is 0. The number of anilines is 2. The highest BCUT2D eigenvalue weighted by atomic mass is 16.5. The number of nitrogens with one attached hydrogen (secondary N) is 1. The van der Waals surface area contributed by atoms with Gasteiger partial charge in [0.25, 0.3) is 5.91 Å². The monoisotopic (exact) mass is 419 g/mol. The van der Waals surface area contributed by atoms with Gasteiger partial charge in [-0.25, -0.2) is 4.79 Å². The molecule has 158 valence electrons. The van der Waals surface area contributed by atoms with Crippen LogP contribution in [0.15, 0.2) is 54.6 Å². The van der Waals surface area contributed by atoms with Crippen molar-refractivity contribution in [1.82, 2.24) is 15.0 Å². The molecule has 1 atom stereocenters. The SMILES string of the molecule is Cc1nn(-c2ccccc2)nc1C(=O)OCC(=O)N1c2ccccc2NC(=O)C[C@@H]1C. The molecule has 0 radical (unpaired) electrons. The van der Waals surface area contributed by atoms with Gasteiger partial charge in [-0.1, -0.05) is 30.3 Å². The number of aromatic nitrogens is 3. The van der Waals surface area contributed by atoms with Gasteiger partial charge in [0.15, 0.2) is 12.3 Å². The smallest absolute Gasteiger partial charge is 0.361 e. The first-order valence-corrected chi connectivity index (χ1v) is 9.81. The van der Waals surface area contributed by atoms with Crippen molar-refractivity contribution in [2.45, 2.75) is 26.3 Å². The van der Waals surface area contributed by atoms with Gasteiger partial charge in [-0.05, 0) is 38.1 Å². The van der Waals surface area contributed by atoms with Gasteiger partial charge in [0, 0.05) is 12.5 Å². The van der Waals surface area contributed by atoms with Crippen LogP contribution in [0.1, 0.15) is 29.5 Å². The Morgan fingerprint density at radius 1 is 1.10 bits per heavy atom. The fourth-order valence-corrected chi connectivity index (χ4v) is 3.48. The maximum Gasteiger partial charge on any atom is 0.361 e. The van der Waals surface area contributed by atoms with Crippen molar-refractivity contribution >= 4 is 29.2 Å². The summed E-state index contributed by atoms with van der Waals surface area (Å²) in [5, 5.41) is 11.2. The van der Waals surface area contributed by atoms with Crippen LogP contribution in [0.5, 0.6) is 0 Å². The zero-order valence-corrected chi connectivity index (χ0v) is 17.1. The molecule has 0 saturated carbocycles. The molecule has 9 nitrogen and oxygen atoms in total. The zero-order chi connectivity index (χ0) is 22.0. The van der Waals surface area contributed by atoms with Gasteiger partial charge in [-0.3, -0.25) is 9.59 Å². The molecule has 1 aliphatic heterocycles. The lowest BCUT2D eigenvalue weighted by Crippen LogP contribution is -2.41. The van der Waals surface area contributed by atoms with Crippen molar-refractivity contribution in [2.75, 3.05) is 16.8 Å². The zero-order valence-electron chi connectivity index (χ0n) is 17.1. The Bertz CT molecular complexity index is 1140. The van der Waals surface area contributed by atoms with Crippen LogP contribution in [-0.4, -0.2) is 45.4 Å². The number of esters is 1. The molecule has 1 N–H and O–H groups in total. The maximum atomic E-state index is 12.9. The topological polar surface area (TPSA) is 106 Å². The van der Waals surface area contributed by atoms with Crippen molar-refractivity contribution in [1.29, 1.82) is 0 Å². The van der Waals surface area contributed by atoms with E-state index in [4.69, 9.17) is 4.74 Å². The number of carbonyl (C=O) groups excluding carboxylic acids is 3. The number of benzene rings is 2. The molecule has 4 rings (SSSR count). The first-order chi connectivity index (χ1) is 14.9. The summed E-state index contributed by atoms with van der Waals surface area (Å²) in [7, 11) is 0. The number of carbonyl (C=O) groups is 3. The van der Waals surface area contributed by atoms with Crippen LogP contribution >= 0.6 is 0 Å². The van der Waals surface area contributed by atoms with Crippen molar-refractivity contribution in [3.63, 3.8) is 0 Å². The highest BCUT2D eigenvalue weighted by Crippen LogP contribution is 2.31. The largest absolute Gasteiger partial charge is 0.451 e. The van der Waals surface area contributed by atoms with E-state index < -0.39 is 24.5 Å². The minimum Gasteiger partial charge on any atom is -0.451 e. The molecule has 0 fully saturated rings. The predicted octanol–water partition coefficient (Wildman–Crippen LogP) is 2.50. The van der Waals surface area contributed by atoms with Crippen molar-refractivity contribution in [3.05, 3.63) is 66.0 Å². The second-order valence-electron chi connectivity index (χ2n) is 7.22. The summed E-state index contributed by atoms with van der Waals surface area (Å²) < 4.78 is 5.25. The predicted molar refractivity (Wildman–Crippen MR) is 113 cm³/mol. The first kappa shape index (κ1) is 20.3. The third-order valence-electron chi connectivity index (χ3n) is 4.92. The van der Waals surface area contributed by atoms with Gasteiger partial charge < -0.3 is 15.0 Å². The van der Waals surface area contributed by atoms with E-state index in [-0.39, 0.29) is 18.0 Å². The van der Waals surface area contributed by atoms with Gasteiger partial charge in [0.2, 0.25) is 5.91 Å². The molecule has 9 heteroatoms. The van der Waals surface area contributed by atoms with E-state index in [0.29, 0.717) is 22.8 Å². The van der Waals surface area contributed by atoms with E-state index in [1.165, 1.54) is 9.70 Å². The molecule has 0 unspecified atom stereocenters. The van der Waals surface area contributed by atoms with E-state index in [1.54, 1.807) is 38.1 Å². The van der Waals surface area contributed by atoms with E-state index in [9.17, 15) is 14.4 Å². The number of hydrogen-bond donors (Lipinski definition) is 1. The fraction of sp³-hybridized carbons (Fsp3) is 0.227. The van der Waals surface area contributed by atoms with Crippen LogP contribution in [0.2, 0.25) is 0 Å². The van der Waals surface area contributed by atoms with Gasteiger partial charge in [-0.2, -0.15) is 9.90 Å². The molecule has 1 aliphatic rings. The van der Waals surface area contributed by atoms with Crippen molar-refractivity contribution in [2.24, 2.45) is 0 Å². The molecule has 3 aromatic rings. The summed E-state index contributed by atoms with van der Waals surface area (Å²) in [4.78, 5) is 40.4. The van der Waals surface area contributed by atoms with E-state index in [1.807, 2.05) is 30.3 Å². The van der Waals surface area contributed by atoms with E-state index in [0.717, 1.165) is 0 Å². The fourth-order valence-electron chi connectivity index (χ4n) is 3.48. The number of rotatable bonds is 4. The summed E-state index contributed by atoms with van der Waals surface area (Å²) in [5.74, 6) is -1.35. The number of hydrogen-bond acceptors (Lipinski definition) is 6. The van der Waals surface area contributed by atoms with Crippen LogP contribution in [0.3, 0.4) is 0 Å². The maximum absolute atomic E-state index is 12.9. The van der Waals surface area contributed by atoms with E-state index >= 15 is 0 Å². The highest BCUT2D eigenvalue weighted by molar-refractivity contribution is 6.05. The minimum atomic E-state index is -0.738. The lowest BCUT2D eigenvalue weighted by Gasteiger charge is -2.27. The molecule has 2 aromatic carbocycles. The van der Waals surface area contributed by atoms with Crippen LogP contribution in [0, 0.1) is 6.92 Å². The minimum absolute atomic E-state index is 0.0396. The molecule has 0 bridgehead atoms. The molecule has 31 heavy (non-hydrogen) atoms. The lowest BCUT2D eigenvalue weighted by atomic mass is 10.1. The van der Waals surface area contributed by atoms with Gasteiger partial charge in [0.05, 0.1) is 22.8 Å². The molecule has 2 heterocycles. The van der Waals surface area contributed by atoms with Gasteiger partial charge in [0.1, 0.15) is 0 Å². The normalized spacial score (nSPS) is 15.6. The number of fused-ring (bicyclic) bond motifs is 1. The Labute approximate surface area is 178 Å². The average molecular weight is 419 g/mol. The van der Waals surface area contributed by atoms with Crippen molar-refractivity contribution < 1.29 is 19.1 Å². The average Bonchev–Trinajstić information content (AvgIpc) is 3.09. The van der Waals surface area contributed by atoms with Crippen LogP contribution < -0.4 is 10.2 Å². The quantitative estimate of drug-likeness (QED) is 0.651. The number of amides is 2. The number of ether oxygens (including phenoxy) is 1. The van der Waals surface area contributed by atoms with Crippen LogP contribution in [0.4, 0.5) is 11.4 Å². The second-order valence-corrected chi connectivity index (χ2v) is 7.22. The number of aryl methyl sites for hydroxylation is 1. The summed E-state index contributed by atoms with van der Waals surface area (Å²) in [6.45, 7) is 2.94. The number of para-hydroxylation sites is 3. The molecular weight excluding hydrogens is 398 g/mol. The van der Waals surface area contributed by atoms with Crippen LogP contribution in [0.25, 0.3) is 5.69 Å². The molecular formula is C22H21N5O4. The van der Waals surface area contributed by atoms with Gasteiger partial charge >= 0.3 is 5.97 Å². The van der Waals surface area contributed by atoms with E-state index in [2.05, 4.69) is 15.5 Å². The standard InChI is InChI=1S/C22H21N5O4/c1-14-12-19(28)23-17-10-6-7-11-18(17)26(14)20(29)13-31-22(30)21-15(2)24-27(25-21)16-8-4-3-5-9-16/h3-11,14H,12-13H2,1-2H3,(H,23,28)/t14-/m0/s1. The Balaban J connectivity index is 1.49. The third-order valence-corrected chi connectivity index (χ3v) is 4.92. The third kappa shape index (κ3) is 4.16. The molecule has 0 aliphatic carbocycles. The lowest BCUT2D eigenvalue weighted by molar-refractivity contribution is -0.122. The summed E-state index contributed by atoms with van der Waals surface area (Å²) in [6, 6.07) is 15.8. The molecule has 1 aromatic heterocycles. The Morgan fingerprint density at radius 3 is 2.58 bits per heavy atom. The Hall–Kier alpha value is -4.01. The highest BCUT2D eigenvalue weighted by Gasteiger charge is 2.30. The van der Waals surface area contributed by atoms with Crippen LogP contribution in [-0.2, 0) is 14.3 Å². The molecule has 0 spiro atoms. The Morgan fingerprint density at radius 2 is 1.81 bits per heavy atom. The molecule has 0 saturated heterocycles.